The van der Waals surface area contributed by atoms with Crippen molar-refractivity contribution in [1.82, 2.24) is 0 Å². The molecular formula is C29H29ClF4. The van der Waals surface area contributed by atoms with Crippen LogP contribution in [-0.2, 0) is 12.8 Å². The van der Waals surface area contributed by atoms with Crippen LogP contribution in [0.1, 0.15) is 55.2 Å². The molecule has 1 aliphatic carbocycles. The van der Waals surface area contributed by atoms with Gasteiger partial charge in [-0.05, 0) is 85.4 Å². The molecular weight excluding hydrogens is 460 g/mol. The number of halogens is 5. The third-order valence-electron chi connectivity index (χ3n) is 7.14. The van der Waals surface area contributed by atoms with Crippen LogP contribution in [0.5, 0.6) is 0 Å². The second-order valence-electron chi connectivity index (χ2n) is 9.64. The van der Waals surface area contributed by atoms with Gasteiger partial charge in [0, 0.05) is 0 Å². The first kappa shape index (κ1) is 24.8. The molecule has 0 nitrogen and oxygen atoms in total. The lowest BCUT2D eigenvalue weighted by Gasteiger charge is -2.28. The first-order chi connectivity index (χ1) is 16.3. The van der Waals surface area contributed by atoms with Gasteiger partial charge in [0.2, 0.25) is 0 Å². The predicted octanol–water partition coefficient (Wildman–Crippen LogP) is 9.24. The summed E-state index contributed by atoms with van der Waals surface area (Å²) in [5.74, 6) is -2.44. The van der Waals surface area contributed by atoms with Crippen molar-refractivity contribution in [3.8, 4) is 11.1 Å². The van der Waals surface area contributed by atoms with E-state index in [1.54, 1.807) is 0 Å². The van der Waals surface area contributed by atoms with Crippen LogP contribution in [0.2, 0.25) is 5.02 Å². The van der Waals surface area contributed by atoms with Crippen LogP contribution in [0.4, 0.5) is 17.6 Å². The maximum Gasteiger partial charge on any atom is 0.145 e. The number of benzene rings is 3. The lowest BCUT2D eigenvalue weighted by atomic mass is 9.77. The molecule has 3 aromatic rings. The molecule has 0 spiro atoms. The third-order valence-corrected chi connectivity index (χ3v) is 7.50. The number of hydrogen-bond acceptors (Lipinski definition) is 0. The lowest BCUT2D eigenvalue weighted by Crippen LogP contribution is -2.16. The highest BCUT2D eigenvalue weighted by atomic mass is 35.5. The monoisotopic (exact) mass is 488 g/mol. The SMILES string of the molecule is Cc1ccc(CCC2CCC(CCc3cc(F)c(-c4cc(F)c(Cl)c(F)c4)c(F)c3)CC2)cc1. The second-order valence-corrected chi connectivity index (χ2v) is 10.0. The number of rotatable bonds is 7. The van der Waals surface area contributed by atoms with Gasteiger partial charge in [-0.2, -0.15) is 0 Å². The Balaban J connectivity index is 1.30. The van der Waals surface area contributed by atoms with Crippen molar-refractivity contribution in [2.45, 2.75) is 58.3 Å². The number of aryl methyl sites for hydroxylation is 3. The first-order valence-electron chi connectivity index (χ1n) is 12.0. The van der Waals surface area contributed by atoms with Gasteiger partial charge in [0.05, 0.1) is 5.56 Å². The molecule has 0 bridgehead atoms. The summed E-state index contributed by atoms with van der Waals surface area (Å²) in [6, 6.07) is 13.0. The fourth-order valence-electron chi connectivity index (χ4n) is 5.05. The molecule has 0 N–H and O–H groups in total. The summed E-state index contributed by atoms with van der Waals surface area (Å²) in [7, 11) is 0. The minimum Gasteiger partial charge on any atom is -0.206 e. The Morgan fingerprint density at radius 1 is 0.676 bits per heavy atom. The van der Waals surface area contributed by atoms with Crippen LogP contribution in [-0.4, -0.2) is 0 Å². The van der Waals surface area contributed by atoms with E-state index in [0.29, 0.717) is 17.9 Å². The van der Waals surface area contributed by atoms with Crippen molar-refractivity contribution < 1.29 is 17.6 Å². The molecule has 34 heavy (non-hydrogen) atoms. The molecule has 1 fully saturated rings. The third kappa shape index (κ3) is 6.02. The van der Waals surface area contributed by atoms with E-state index >= 15 is 0 Å². The van der Waals surface area contributed by atoms with Crippen molar-refractivity contribution in [1.29, 1.82) is 0 Å². The Bertz CT molecular complexity index is 1090. The Morgan fingerprint density at radius 3 is 1.65 bits per heavy atom. The molecule has 0 atom stereocenters. The molecule has 4 rings (SSSR count). The van der Waals surface area contributed by atoms with Gasteiger partial charge in [-0.1, -0.05) is 67.1 Å². The van der Waals surface area contributed by atoms with E-state index in [1.165, 1.54) is 42.5 Å². The van der Waals surface area contributed by atoms with Crippen molar-refractivity contribution in [3.05, 3.63) is 93.5 Å². The highest BCUT2D eigenvalue weighted by molar-refractivity contribution is 6.31. The van der Waals surface area contributed by atoms with Crippen LogP contribution < -0.4 is 0 Å². The van der Waals surface area contributed by atoms with Crippen LogP contribution in [0.25, 0.3) is 11.1 Å². The van der Waals surface area contributed by atoms with E-state index in [1.807, 2.05) is 0 Å². The van der Waals surface area contributed by atoms with E-state index in [2.05, 4.69) is 31.2 Å². The van der Waals surface area contributed by atoms with E-state index in [-0.39, 0.29) is 5.56 Å². The Hall–Kier alpha value is -2.33. The molecule has 0 heterocycles. The quantitative estimate of drug-likeness (QED) is 0.229. The zero-order valence-electron chi connectivity index (χ0n) is 19.3. The highest BCUT2D eigenvalue weighted by Gasteiger charge is 2.22. The summed E-state index contributed by atoms with van der Waals surface area (Å²) >= 11 is 5.48. The minimum atomic E-state index is -1.05. The van der Waals surface area contributed by atoms with Gasteiger partial charge < -0.3 is 0 Å². The molecule has 1 saturated carbocycles. The van der Waals surface area contributed by atoms with Crippen LogP contribution in [0.15, 0.2) is 48.5 Å². The van der Waals surface area contributed by atoms with Crippen molar-refractivity contribution in [3.63, 3.8) is 0 Å². The molecule has 180 valence electrons. The molecule has 0 aliphatic heterocycles. The van der Waals surface area contributed by atoms with Gasteiger partial charge in [-0.3, -0.25) is 0 Å². The molecule has 0 aromatic heterocycles. The molecule has 0 amide bonds. The van der Waals surface area contributed by atoms with E-state index < -0.39 is 33.9 Å². The van der Waals surface area contributed by atoms with Gasteiger partial charge in [-0.25, -0.2) is 17.6 Å². The summed E-state index contributed by atoms with van der Waals surface area (Å²) in [6.45, 7) is 2.10. The van der Waals surface area contributed by atoms with Gasteiger partial charge in [0.15, 0.2) is 0 Å². The molecule has 0 unspecified atom stereocenters. The standard InChI is InChI=1S/C29H29ClF4/c1-18-2-4-19(5-3-18)6-7-20-8-10-21(11-9-20)12-13-22-14-24(31)28(25(32)15-22)23-16-26(33)29(30)27(34)17-23/h2-5,14-17,20-21H,6-13H2,1H3. The fourth-order valence-corrected chi connectivity index (χ4v) is 5.16. The Kier molecular flexibility index (Phi) is 7.98. The maximum atomic E-state index is 14.7. The minimum absolute atomic E-state index is 0.204. The topological polar surface area (TPSA) is 0 Å². The summed E-state index contributed by atoms with van der Waals surface area (Å²) in [6.07, 6.45) is 8.47. The zero-order valence-corrected chi connectivity index (χ0v) is 20.1. The first-order valence-corrected chi connectivity index (χ1v) is 12.4. The second kappa shape index (κ2) is 10.9. The molecule has 5 heteroatoms. The molecule has 0 saturated heterocycles. The van der Waals surface area contributed by atoms with Crippen molar-refractivity contribution in [2.75, 3.05) is 0 Å². The zero-order chi connectivity index (χ0) is 24.2. The predicted molar refractivity (Wildman–Crippen MR) is 130 cm³/mol. The van der Waals surface area contributed by atoms with Gasteiger partial charge in [0.25, 0.3) is 0 Å². The molecule has 1 aliphatic rings. The highest BCUT2D eigenvalue weighted by Crippen LogP contribution is 2.35. The summed E-state index contributed by atoms with van der Waals surface area (Å²) in [5, 5.41) is -0.689. The smallest absolute Gasteiger partial charge is 0.145 e. The summed E-state index contributed by atoms with van der Waals surface area (Å²) in [5.41, 5.74) is 2.60. The summed E-state index contributed by atoms with van der Waals surface area (Å²) in [4.78, 5) is 0. The van der Waals surface area contributed by atoms with Crippen molar-refractivity contribution in [2.24, 2.45) is 11.8 Å². The summed E-state index contributed by atoms with van der Waals surface area (Å²) < 4.78 is 56.9. The van der Waals surface area contributed by atoms with Crippen LogP contribution in [0.3, 0.4) is 0 Å². The average Bonchev–Trinajstić information content (AvgIpc) is 2.81. The maximum absolute atomic E-state index is 14.7. The molecule has 3 aromatic carbocycles. The van der Waals surface area contributed by atoms with Crippen LogP contribution >= 0.6 is 11.6 Å². The average molecular weight is 489 g/mol. The number of hydrogen-bond donors (Lipinski definition) is 0. The van der Waals surface area contributed by atoms with E-state index in [9.17, 15) is 17.6 Å². The largest absolute Gasteiger partial charge is 0.206 e. The molecule has 0 radical (unpaired) electrons. The van der Waals surface area contributed by atoms with E-state index in [0.717, 1.165) is 43.7 Å². The van der Waals surface area contributed by atoms with E-state index in [4.69, 9.17) is 11.6 Å². The van der Waals surface area contributed by atoms with Gasteiger partial charge >= 0.3 is 0 Å². The normalized spacial score (nSPS) is 18.3. The van der Waals surface area contributed by atoms with Crippen LogP contribution in [0, 0.1) is 42.0 Å². The van der Waals surface area contributed by atoms with Gasteiger partial charge in [0.1, 0.15) is 28.3 Å². The Labute approximate surface area is 204 Å². The van der Waals surface area contributed by atoms with Crippen molar-refractivity contribution >= 4 is 11.6 Å². The lowest BCUT2D eigenvalue weighted by molar-refractivity contribution is 0.253. The van der Waals surface area contributed by atoms with Gasteiger partial charge in [-0.15, -0.1) is 0 Å². The Morgan fingerprint density at radius 2 is 1.15 bits per heavy atom. The fraction of sp³-hybridized carbons (Fsp3) is 0.379.